The minimum Gasteiger partial charge on any atom is -0.350 e. The zero-order valence-corrected chi connectivity index (χ0v) is 14.9. The number of thiocarbonyl (C=S) groups is 1. The molecule has 2 rings (SSSR count). The van der Waals surface area contributed by atoms with Gasteiger partial charge in [-0.3, -0.25) is 14.5 Å². The van der Waals surface area contributed by atoms with Crippen LogP contribution in [0.5, 0.6) is 0 Å². The van der Waals surface area contributed by atoms with Gasteiger partial charge in [-0.25, -0.2) is 0 Å². The first-order valence-electron chi connectivity index (χ1n) is 7.89. The van der Waals surface area contributed by atoms with Crippen LogP contribution in [-0.2, 0) is 9.59 Å². The highest BCUT2D eigenvalue weighted by Crippen LogP contribution is 2.20. The van der Waals surface area contributed by atoms with Gasteiger partial charge in [-0.15, -0.1) is 0 Å². The van der Waals surface area contributed by atoms with E-state index in [1.807, 2.05) is 37.3 Å². The van der Waals surface area contributed by atoms with Crippen molar-refractivity contribution in [2.75, 3.05) is 12.3 Å². The summed E-state index contributed by atoms with van der Waals surface area (Å²) in [6.45, 7) is 2.66. The van der Waals surface area contributed by atoms with E-state index in [9.17, 15) is 9.59 Å². The Labute approximate surface area is 147 Å². The topological polar surface area (TPSA) is 49.4 Å². The quantitative estimate of drug-likeness (QED) is 0.577. The SMILES string of the molecule is C[C@H](NC(=O)CCCCCN1C(=O)CSC1=S)c1ccccc1. The number of rotatable bonds is 8. The van der Waals surface area contributed by atoms with Crippen LogP contribution in [0.2, 0.25) is 0 Å². The third-order valence-corrected chi connectivity index (χ3v) is 5.24. The van der Waals surface area contributed by atoms with E-state index in [0.29, 0.717) is 23.0 Å². The van der Waals surface area contributed by atoms with Crippen LogP contribution >= 0.6 is 24.0 Å². The molecule has 1 aromatic rings. The van der Waals surface area contributed by atoms with Gasteiger partial charge in [0.1, 0.15) is 4.32 Å². The van der Waals surface area contributed by atoms with Gasteiger partial charge in [0.2, 0.25) is 11.8 Å². The summed E-state index contributed by atoms with van der Waals surface area (Å²) in [5.74, 6) is 0.651. The lowest BCUT2D eigenvalue weighted by atomic mass is 10.1. The molecule has 124 valence electrons. The number of hydrogen-bond acceptors (Lipinski definition) is 4. The van der Waals surface area contributed by atoms with Gasteiger partial charge in [0.25, 0.3) is 0 Å². The lowest BCUT2D eigenvalue weighted by molar-refractivity contribution is -0.124. The van der Waals surface area contributed by atoms with E-state index in [1.165, 1.54) is 11.8 Å². The molecule has 1 aliphatic heterocycles. The van der Waals surface area contributed by atoms with Gasteiger partial charge in [0, 0.05) is 13.0 Å². The Balaban J connectivity index is 1.60. The average Bonchev–Trinajstić information content (AvgIpc) is 2.87. The molecule has 1 saturated heterocycles. The number of unbranched alkanes of at least 4 members (excludes halogenated alkanes) is 2. The fourth-order valence-corrected chi connectivity index (χ4v) is 3.59. The van der Waals surface area contributed by atoms with Crippen molar-refractivity contribution in [1.82, 2.24) is 10.2 Å². The van der Waals surface area contributed by atoms with Crippen LogP contribution in [-0.4, -0.2) is 33.3 Å². The molecule has 1 heterocycles. The van der Waals surface area contributed by atoms with Crippen molar-refractivity contribution in [3.05, 3.63) is 35.9 Å². The van der Waals surface area contributed by atoms with Gasteiger partial charge in [0.15, 0.2) is 0 Å². The molecular weight excluding hydrogens is 328 g/mol. The molecule has 0 saturated carbocycles. The second-order valence-electron chi connectivity index (χ2n) is 5.61. The lowest BCUT2D eigenvalue weighted by Crippen LogP contribution is -2.29. The lowest BCUT2D eigenvalue weighted by Gasteiger charge is -2.15. The molecule has 6 heteroatoms. The number of hydrogen-bond donors (Lipinski definition) is 1. The van der Waals surface area contributed by atoms with Gasteiger partial charge in [0.05, 0.1) is 11.8 Å². The Bertz CT molecular complexity index is 547. The Morgan fingerprint density at radius 2 is 2.04 bits per heavy atom. The predicted octanol–water partition coefficient (Wildman–Crippen LogP) is 3.28. The number of benzene rings is 1. The molecule has 1 N–H and O–H groups in total. The summed E-state index contributed by atoms with van der Waals surface area (Å²) in [5.41, 5.74) is 1.11. The summed E-state index contributed by atoms with van der Waals surface area (Å²) in [5, 5.41) is 3.01. The van der Waals surface area contributed by atoms with Crippen LogP contribution in [0.1, 0.15) is 44.2 Å². The number of nitrogens with one attached hydrogen (secondary N) is 1. The van der Waals surface area contributed by atoms with Crippen LogP contribution < -0.4 is 5.32 Å². The second-order valence-corrected chi connectivity index (χ2v) is 7.22. The number of carbonyl (C=O) groups excluding carboxylic acids is 2. The van der Waals surface area contributed by atoms with Crippen molar-refractivity contribution < 1.29 is 9.59 Å². The van der Waals surface area contributed by atoms with Crippen LogP contribution in [0.25, 0.3) is 0 Å². The number of nitrogens with zero attached hydrogens (tertiary/aromatic N) is 1. The first-order chi connectivity index (χ1) is 11.1. The van der Waals surface area contributed by atoms with Crippen molar-refractivity contribution in [1.29, 1.82) is 0 Å². The second kappa shape index (κ2) is 9.03. The first-order valence-corrected chi connectivity index (χ1v) is 9.28. The van der Waals surface area contributed by atoms with Crippen LogP contribution in [0.3, 0.4) is 0 Å². The minimum absolute atomic E-state index is 0.0281. The van der Waals surface area contributed by atoms with E-state index in [4.69, 9.17) is 12.2 Å². The van der Waals surface area contributed by atoms with Gasteiger partial charge < -0.3 is 5.32 Å². The summed E-state index contributed by atoms with van der Waals surface area (Å²) in [6, 6.07) is 9.96. The molecule has 2 amide bonds. The zero-order valence-electron chi connectivity index (χ0n) is 13.3. The summed E-state index contributed by atoms with van der Waals surface area (Å²) >= 11 is 6.57. The monoisotopic (exact) mass is 350 g/mol. The molecule has 0 unspecified atom stereocenters. The summed E-state index contributed by atoms with van der Waals surface area (Å²) in [7, 11) is 0. The Morgan fingerprint density at radius 1 is 1.30 bits per heavy atom. The van der Waals surface area contributed by atoms with Crippen molar-refractivity contribution in [3.63, 3.8) is 0 Å². The first kappa shape index (κ1) is 17.9. The third kappa shape index (κ3) is 5.62. The summed E-state index contributed by atoms with van der Waals surface area (Å²) < 4.78 is 0.685. The molecule has 1 aliphatic rings. The van der Waals surface area contributed by atoms with Crippen LogP contribution in [0, 0.1) is 0 Å². The predicted molar refractivity (Wildman–Crippen MR) is 98.2 cm³/mol. The fourth-order valence-electron chi connectivity index (χ4n) is 2.47. The van der Waals surface area contributed by atoms with E-state index < -0.39 is 0 Å². The Hall–Kier alpha value is -1.40. The summed E-state index contributed by atoms with van der Waals surface area (Å²) in [4.78, 5) is 25.2. The van der Waals surface area contributed by atoms with E-state index in [2.05, 4.69) is 5.32 Å². The molecular formula is C17H22N2O2S2. The van der Waals surface area contributed by atoms with Crippen molar-refractivity contribution >= 4 is 40.1 Å². The third-order valence-electron chi connectivity index (χ3n) is 3.80. The molecule has 1 fully saturated rings. The minimum atomic E-state index is 0.0281. The van der Waals surface area contributed by atoms with E-state index in [1.54, 1.807) is 4.90 Å². The molecule has 1 aromatic carbocycles. The average molecular weight is 351 g/mol. The molecule has 0 radical (unpaired) electrons. The molecule has 0 aliphatic carbocycles. The number of thioether (sulfide) groups is 1. The van der Waals surface area contributed by atoms with Crippen molar-refractivity contribution in [3.8, 4) is 0 Å². The highest BCUT2D eigenvalue weighted by molar-refractivity contribution is 8.23. The Morgan fingerprint density at radius 3 is 2.70 bits per heavy atom. The maximum Gasteiger partial charge on any atom is 0.238 e. The van der Waals surface area contributed by atoms with E-state index in [-0.39, 0.29) is 17.9 Å². The summed E-state index contributed by atoms with van der Waals surface area (Å²) in [6.07, 6.45) is 3.15. The highest BCUT2D eigenvalue weighted by Gasteiger charge is 2.25. The van der Waals surface area contributed by atoms with E-state index in [0.717, 1.165) is 24.8 Å². The maximum absolute atomic E-state index is 12.0. The van der Waals surface area contributed by atoms with Crippen LogP contribution in [0.15, 0.2) is 30.3 Å². The van der Waals surface area contributed by atoms with Gasteiger partial charge >= 0.3 is 0 Å². The zero-order chi connectivity index (χ0) is 16.7. The number of amides is 2. The van der Waals surface area contributed by atoms with Gasteiger partial charge in [-0.05, 0) is 25.3 Å². The van der Waals surface area contributed by atoms with Gasteiger partial charge in [-0.1, -0.05) is 60.7 Å². The van der Waals surface area contributed by atoms with Crippen LogP contribution in [0.4, 0.5) is 0 Å². The molecule has 4 nitrogen and oxygen atoms in total. The highest BCUT2D eigenvalue weighted by atomic mass is 32.2. The largest absolute Gasteiger partial charge is 0.350 e. The van der Waals surface area contributed by atoms with Crippen molar-refractivity contribution in [2.24, 2.45) is 0 Å². The smallest absolute Gasteiger partial charge is 0.238 e. The standard InChI is InChI=1S/C17H22N2O2S2/c1-13(14-8-4-2-5-9-14)18-15(20)10-6-3-7-11-19-16(21)12-23-17(19)22/h2,4-5,8-9,13H,3,6-7,10-12H2,1H3,(H,18,20)/t13-/m0/s1. The van der Waals surface area contributed by atoms with Gasteiger partial charge in [-0.2, -0.15) is 0 Å². The molecule has 1 atom stereocenters. The fraction of sp³-hybridized carbons (Fsp3) is 0.471. The van der Waals surface area contributed by atoms with Crippen molar-refractivity contribution in [2.45, 2.75) is 38.6 Å². The maximum atomic E-state index is 12.0. The molecule has 0 aromatic heterocycles. The normalized spacial score (nSPS) is 15.8. The molecule has 0 bridgehead atoms. The molecule has 23 heavy (non-hydrogen) atoms. The molecule has 0 spiro atoms. The number of carbonyl (C=O) groups is 2. The Kier molecular flexibility index (Phi) is 7.05. The van der Waals surface area contributed by atoms with E-state index >= 15 is 0 Å².